The third kappa shape index (κ3) is 8.08. The molecule has 1 unspecified atom stereocenters. The van der Waals surface area contributed by atoms with Crippen LogP contribution in [0.15, 0.2) is 40.9 Å². The van der Waals surface area contributed by atoms with Gasteiger partial charge in [0.1, 0.15) is 5.75 Å². The van der Waals surface area contributed by atoms with Crippen molar-refractivity contribution < 1.29 is 18.6 Å². The highest BCUT2D eigenvalue weighted by molar-refractivity contribution is 9.10. The van der Waals surface area contributed by atoms with Crippen LogP contribution in [0.5, 0.6) is 11.5 Å². The summed E-state index contributed by atoms with van der Waals surface area (Å²) in [6.45, 7) is 3.54. The molecule has 0 saturated carbocycles. The second kappa shape index (κ2) is 13.8. The summed E-state index contributed by atoms with van der Waals surface area (Å²) in [7, 11) is 0. The van der Waals surface area contributed by atoms with Crippen molar-refractivity contribution >= 4 is 15.9 Å². The first-order chi connectivity index (χ1) is 15.7. The lowest BCUT2D eigenvalue weighted by Gasteiger charge is -2.24. The second-order valence-electron chi connectivity index (χ2n) is 8.53. The van der Waals surface area contributed by atoms with E-state index in [0.29, 0.717) is 12.4 Å². The minimum absolute atomic E-state index is 0.194. The predicted molar refractivity (Wildman–Crippen MR) is 132 cm³/mol. The molecule has 0 aromatic heterocycles. The molecule has 2 aromatic rings. The van der Waals surface area contributed by atoms with Crippen LogP contribution >= 0.6 is 15.9 Å². The van der Waals surface area contributed by atoms with Crippen LogP contribution in [0.25, 0.3) is 11.1 Å². The topological polar surface area (TPSA) is 27.7 Å². The van der Waals surface area contributed by atoms with E-state index in [1.807, 2.05) is 24.3 Å². The summed E-state index contributed by atoms with van der Waals surface area (Å²) in [5.74, 6) is 0.741. The van der Waals surface area contributed by atoms with Gasteiger partial charge in [-0.25, -0.2) is 4.39 Å². The maximum Gasteiger partial charge on any atom is 0.199 e. The van der Waals surface area contributed by atoms with Gasteiger partial charge in [0.25, 0.3) is 0 Å². The van der Waals surface area contributed by atoms with Gasteiger partial charge in [-0.3, -0.25) is 0 Å². The number of halogens is 2. The van der Waals surface area contributed by atoms with E-state index in [4.69, 9.17) is 14.2 Å². The fourth-order valence-electron chi connectivity index (χ4n) is 3.94. The zero-order valence-corrected chi connectivity index (χ0v) is 20.8. The molecule has 32 heavy (non-hydrogen) atoms. The minimum Gasteiger partial charge on any atom is -0.491 e. The lowest BCUT2D eigenvalue weighted by Crippen LogP contribution is -2.25. The molecule has 0 amide bonds. The Labute approximate surface area is 200 Å². The first-order valence-electron chi connectivity index (χ1n) is 12.2. The van der Waals surface area contributed by atoms with Crippen LogP contribution in [0.1, 0.15) is 77.6 Å². The number of hydrogen-bond donors (Lipinski definition) is 0. The predicted octanol–water partition coefficient (Wildman–Crippen LogP) is 8.68. The van der Waals surface area contributed by atoms with E-state index in [2.05, 4.69) is 22.9 Å². The summed E-state index contributed by atoms with van der Waals surface area (Å²) < 4.78 is 32.7. The van der Waals surface area contributed by atoms with Crippen molar-refractivity contribution in [3.63, 3.8) is 0 Å². The van der Waals surface area contributed by atoms with Gasteiger partial charge in [0.05, 0.1) is 17.7 Å². The zero-order chi connectivity index (χ0) is 22.6. The van der Waals surface area contributed by atoms with E-state index in [9.17, 15) is 4.39 Å². The summed E-state index contributed by atoms with van der Waals surface area (Å²) in [4.78, 5) is 0. The van der Waals surface area contributed by atoms with Crippen molar-refractivity contribution in [2.24, 2.45) is 0 Å². The Morgan fingerprint density at radius 2 is 1.59 bits per heavy atom. The van der Waals surface area contributed by atoms with Crippen LogP contribution in [0.4, 0.5) is 4.39 Å². The molecule has 0 bridgehead atoms. The van der Waals surface area contributed by atoms with E-state index < -0.39 is 0 Å². The number of ether oxygens (including phenoxy) is 3. The molecule has 1 fully saturated rings. The number of unbranched alkanes of at least 4 members (excludes halogenated alkanes) is 7. The molecular formula is C27H36BrFO3. The van der Waals surface area contributed by atoms with Crippen molar-refractivity contribution in [2.45, 2.75) is 83.8 Å². The highest BCUT2D eigenvalue weighted by atomic mass is 79.9. The minimum atomic E-state index is -0.325. The third-order valence-electron chi connectivity index (χ3n) is 5.85. The SMILES string of the molecule is CCCCCCCCCCOc1ccc(-c2ccc(OC3CCCCO3)c(Br)c2)cc1F. The Hall–Kier alpha value is -1.59. The Morgan fingerprint density at radius 3 is 2.25 bits per heavy atom. The molecule has 5 heteroatoms. The maximum absolute atomic E-state index is 14.6. The van der Waals surface area contributed by atoms with E-state index in [0.717, 1.165) is 60.1 Å². The maximum atomic E-state index is 14.6. The zero-order valence-electron chi connectivity index (χ0n) is 19.2. The first kappa shape index (κ1) is 25.0. The smallest absolute Gasteiger partial charge is 0.199 e. The Balaban J connectivity index is 1.46. The lowest BCUT2D eigenvalue weighted by atomic mass is 10.1. The fourth-order valence-corrected chi connectivity index (χ4v) is 4.41. The van der Waals surface area contributed by atoms with Gasteiger partial charge in [-0.15, -0.1) is 0 Å². The highest BCUT2D eigenvalue weighted by Gasteiger charge is 2.17. The molecule has 0 aliphatic carbocycles. The number of rotatable bonds is 13. The van der Waals surface area contributed by atoms with Crippen LogP contribution < -0.4 is 9.47 Å². The molecule has 1 aliphatic heterocycles. The normalized spacial score (nSPS) is 16.2. The molecule has 3 rings (SSSR count). The quantitative estimate of drug-likeness (QED) is 0.254. The molecule has 1 heterocycles. The molecule has 3 nitrogen and oxygen atoms in total. The summed E-state index contributed by atoms with van der Waals surface area (Å²) in [5, 5.41) is 0. The molecule has 0 spiro atoms. The molecule has 1 atom stereocenters. The largest absolute Gasteiger partial charge is 0.491 e. The van der Waals surface area contributed by atoms with Gasteiger partial charge in [0, 0.05) is 6.42 Å². The van der Waals surface area contributed by atoms with Gasteiger partial charge < -0.3 is 14.2 Å². The summed E-state index contributed by atoms with van der Waals surface area (Å²) in [6.07, 6.45) is 12.8. The number of benzene rings is 2. The summed E-state index contributed by atoms with van der Waals surface area (Å²) >= 11 is 3.58. The van der Waals surface area contributed by atoms with Gasteiger partial charge >= 0.3 is 0 Å². The Kier molecular flexibility index (Phi) is 10.8. The molecular weight excluding hydrogens is 471 g/mol. The fraction of sp³-hybridized carbons (Fsp3) is 0.556. The second-order valence-corrected chi connectivity index (χ2v) is 9.38. The van der Waals surface area contributed by atoms with Crippen LogP contribution in [0.2, 0.25) is 0 Å². The summed E-state index contributed by atoms with van der Waals surface area (Å²) in [6, 6.07) is 11.0. The van der Waals surface area contributed by atoms with E-state index in [1.54, 1.807) is 6.07 Å². The highest BCUT2D eigenvalue weighted by Crippen LogP contribution is 2.34. The first-order valence-corrected chi connectivity index (χ1v) is 13.0. The molecule has 1 aliphatic rings. The van der Waals surface area contributed by atoms with Crippen LogP contribution in [0.3, 0.4) is 0 Å². The monoisotopic (exact) mass is 506 g/mol. The van der Waals surface area contributed by atoms with Crippen molar-refractivity contribution in [3.8, 4) is 22.6 Å². The van der Waals surface area contributed by atoms with Crippen molar-refractivity contribution in [2.75, 3.05) is 13.2 Å². The average molecular weight is 507 g/mol. The van der Waals surface area contributed by atoms with E-state index in [1.165, 1.54) is 44.6 Å². The molecule has 2 aromatic carbocycles. The molecule has 0 radical (unpaired) electrons. The van der Waals surface area contributed by atoms with E-state index in [-0.39, 0.29) is 12.1 Å². The van der Waals surface area contributed by atoms with Gasteiger partial charge in [-0.2, -0.15) is 0 Å². The number of hydrogen-bond acceptors (Lipinski definition) is 3. The van der Waals surface area contributed by atoms with E-state index >= 15 is 0 Å². The van der Waals surface area contributed by atoms with Gasteiger partial charge in [-0.05, 0) is 70.6 Å². The van der Waals surface area contributed by atoms with Gasteiger partial charge in [0.2, 0.25) is 0 Å². The molecule has 0 N–H and O–H groups in total. The van der Waals surface area contributed by atoms with Gasteiger partial charge in [0.15, 0.2) is 17.9 Å². The van der Waals surface area contributed by atoms with Crippen molar-refractivity contribution in [3.05, 3.63) is 46.7 Å². The average Bonchev–Trinajstić information content (AvgIpc) is 2.81. The Bertz CT molecular complexity index is 821. The van der Waals surface area contributed by atoms with Crippen molar-refractivity contribution in [1.29, 1.82) is 0 Å². The van der Waals surface area contributed by atoms with Crippen LogP contribution in [0, 0.1) is 5.82 Å². The van der Waals surface area contributed by atoms with Crippen LogP contribution in [-0.2, 0) is 4.74 Å². The Morgan fingerprint density at radius 1 is 0.906 bits per heavy atom. The standard InChI is InChI=1S/C27H36BrFO3/c1-2-3-4-5-6-7-8-10-17-30-26-16-14-22(20-24(26)29)21-13-15-25(23(28)19-21)32-27-12-9-11-18-31-27/h13-16,19-20,27H,2-12,17-18H2,1H3. The molecule has 176 valence electrons. The third-order valence-corrected chi connectivity index (χ3v) is 6.47. The molecule has 1 saturated heterocycles. The lowest BCUT2D eigenvalue weighted by molar-refractivity contribution is -0.106. The van der Waals surface area contributed by atoms with Crippen molar-refractivity contribution in [1.82, 2.24) is 0 Å². The van der Waals surface area contributed by atoms with Gasteiger partial charge in [-0.1, -0.05) is 64.0 Å². The summed E-state index contributed by atoms with van der Waals surface area (Å²) in [5.41, 5.74) is 1.73. The van der Waals surface area contributed by atoms with Crippen LogP contribution in [-0.4, -0.2) is 19.5 Å².